The van der Waals surface area contributed by atoms with Crippen LogP contribution in [0, 0.1) is 0 Å². The lowest BCUT2D eigenvalue weighted by Crippen LogP contribution is -2.01. The Balaban J connectivity index is 1.55. The van der Waals surface area contributed by atoms with E-state index in [1.165, 1.54) is 88.2 Å². The van der Waals surface area contributed by atoms with Gasteiger partial charge in [-0.1, -0.05) is 95.4 Å². The third-order valence-electron chi connectivity index (χ3n) is 5.08. The number of rotatable bonds is 14. The highest BCUT2D eigenvalue weighted by Crippen LogP contribution is 2.16. The summed E-state index contributed by atoms with van der Waals surface area (Å²) in [6.45, 7) is 3.23. The van der Waals surface area contributed by atoms with Crippen LogP contribution >= 0.6 is 0 Å². The van der Waals surface area contributed by atoms with Crippen LogP contribution in [0.4, 0.5) is 0 Å². The maximum atomic E-state index is 4.14. The van der Waals surface area contributed by atoms with Crippen molar-refractivity contribution in [1.82, 2.24) is 9.55 Å². The molecule has 2 nitrogen and oxygen atoms in total. The molecule has 0 aliphatic carbocycles. The molecule has 0 N–H and O–H groups in total. The summed E-state index contributed by atoms with van der Waals surface area (Å²) < 4.78 is 2.15. The van der Waals surface area contributed by atoms with Crippen LogP contribution in [0.25, 0.3) is 0 Å². The van der Waals surface area contributed by atoms with Crippen LogP contribution in [0.1, 0.15) is 88.7 Å². The second-order valence-electron chi connectivity index (χ2n) is 7.29. The van der Waals surface area contributed by atoms with E-state index >= 15 is 0 Å². The minimum absolute atomic E-state index is 0.939. The van der Waals surface area contributed by atoms with Gasteiger partial charge in [0.05, 0.1) is 6.33 Å². The molecule has 0 saturated carbocycles. The lowest BCUT2D eigenvalue weighted by atomic mass is 10.00. The molecule has 0 spiro atoms. The highest BCUT2D eigenvalue weighted by atomic mass is 15.0. The third kappa shape index (κ3) is 8.38. The van der Waals surface area contributed by atoms with Crippen molar-refractivity contribution in [2.45, 2.75) is 90.5 Å². The number of hydrogen-bond acceptors (Lipinski definition) is 1. The maximum Gasteiger partial charge on any atom is 0.0949 e. The summed E-state index contributed by atoms with van der Waals surface area (Å²) in [5.41, 5.74) is 2.94. The summed E-state index contributed by atoms with van der Waals surface area (Å²) in [5.74, 6) is 0. The predicted molar refractivity (Wildman–Crippen MR) is 108 cm³/mol. The molecule has 0 bridgehead atoms. The van der Waals surface area contributed by atoms with Gasteiger partial charge in [0.25, 0.3) is 0 Å². The van der Waals surface area contributed by atoms with Gasteiger partial charge in [0.2, 0.25) is 0 Å². The Morgan fingerprint density at radius 1 is 0.760 bits per heavy atom. The number of aromatic nitrogens is 2. The molecule has 0 amide bonds. The molecule has 1 aromatic carbocycles. The van der Waals surface area contributed by atoms with Crippen LogP contribution in [0.2, 0.25) is 0 Å². The normalized spacial score (nSPS) is 11.1. The van der Waals surface area contributed by atoms with Crippen molar-refractivity contribution in [2.24, 2.45) is 0 Å². The lowest BCUT2D eigenvalue weighted by molar-refractivity contribution is 0.549. The van der Waals surface area contributed by atoms with Crippen molar-refractivity contribution in [2.75, 3.05) is 0 Å². The average molecular weight is 341 g/mol. The van der Waals surface area contributed by atoms with Gasteiger partial charge in [-0.2, -0.15) is 0 Å². The Labute approximate surface area is 154 Å². The van der Waals surface area contributed by atoms with E-state index in [-0.39, 0.29) is 0 Å². The van der Waals surface area contributed by atoms with Crippen LogP contribution in [-0.2, 0) is 13.0 Å². The molecule has 0 unspecified atom stereocenters. The van der Waals surface area contributed by atoms with E-state index in [0.717, 1.165) is 6.54 Å². The predicted octanol–water partition coefficient (Wildman–Crippen LogP) is 6.78. The summed E-state index contributed by atoms with van der Waals surface area (Å²) >= 11 is 0. The molecule has 1 heterocycles. The first kappa shape index (κ1) is 19.8. The molecule has 0 aliphatic heterocycles. The van der Waals surface area contributed by atoms with E-state index in [1.54, 1.807) is 0 Å². The quantitative estimate of drug-likeness (QED) is 0.346. The Kier molecular flexibility index (Phi) is 10.1. The third-order valence-corrected chi connectivity index (χ3v) is 5.08. The molecule has 138 valence electrons. The van der Waals surface area contributed by atoms with Crippen molar-refractivity contribution in [3.05, 3.63) is 54.1 Å². The zero-order chi connectivity index (χ0) is 17.6. The number of hydrogen-bond donors (Lipinski definition) is 0. The second kappa shape index (κ2) is 12.7. The highest BCUT2D eigenvalue weighted by molar-refractivity contribution is 5.27. The minimum Gasteiger partial charge on any atom is -0.333 e. The first-order valence-electron chi connectivity index (χ1n) is 10.4. The van der Waals surface area contributed by atoms with Gasteiger partial charge in [0.15, 0.2) is 0 Å². The molecule has 2 heteroatoms. The number of benzene rings is 1. The molecule has 0 atom stereocenters. The fraction of sp³-hybridized carbons (Fsp3) is 0.609. The molecule has 1 aromatic heterocycles. The first-order chi connectivity index (χ1) is 12.4. The highest BCUT2D eigenvalue weighted by Gasteiger charge is 2.02. The van der Waals surface area contributed by atoms with Crippen LogP contribution < -0.4 is 0 Å². The van der Waals surface area contributed by atoms with Gasteiger partial charge < -0.3 is 4.57 Å². The molecule has 2 rings (SSSR count). The van der Waals surface area contributed by atoms with Gasteiger partial charge in [-0.05, 0) is 24.0 Å². The zero-order valence-electron chi connectivity index (χ0n) is 16.1. The summed E-state index contributed by atoms with van der Waals surface area (Å²) in [7, 11) is 0. The molecular weight excluding hydrogens is 304 g/mol. The molecule has 25 heavy (non-hydrogen) atoms. The maximum absolute atomic E-state index is 4.14. The van der Waals surface area contributed by atoms with Gasteiger partial charge in [0.1, 0.15) is 0 Å². The van der Waals surface area contributed by atoms with Crippen molar-refractivity contribution >= 4 is 0 Å². The van der Waals surface area contributed by atoms with Crippen LogP contribution in [0.3, 0.4) is 0 Å². The summed E-state index contributed by atoms with van der Waals surface area (Å²) in [6, 6.07) is 8.87. The van der Waals surface area contributed by atoms with Gasteiger partial charge in [0, 0.05) is 18.9 Å². The number of aryl methyl sites for hydroxylation is 1. The van der Waals surface area contributed by atoms with Crippen LogP contribution in [0.15, 0.2) is 43.0 Å². The Bertz CT molecular complexity index is 545. The van der Waals surface area contributed by atoms with Gasteiger partial charge in [-0.15, -0.1) is 0 Å². The minimum atomic E-state index is 0.939. The summed E-state index contributed by atoms with van der Waals surface area (Å²) in [6.07, 6.45) is 22.5. The summed E-state index contributed by atoms with van der Waals surface area (Å²) in [5, 5.41) is 0. The van der Waals surface area contributed by atoms with Gasteiger partial charge in [-0.3, -0.25) is 0 Å². The van der Waals surface area contributed by atoms with Crippen LogP contribution in [0.5, 0.6) is 0 Å². The van der Waals surface area contributed by atoms with Gasteiger partial charge in [-0.25, -0.2) is 4.98 Å². The summed E-state index contributed by atoms with van der Waals surface area (Å²) in [4.78, 5) is 4.14. The van der Waals surface area contributed by atoms with Crippen molar-refractivity contribution < 1.29 is 0 Å². The number of imidazole rings is 1. The van der Waals surface area contributed by atoms with E-state index in [9.17, 15) is 0 Å². The molecule has 2 aromatic rings. The van der Waals surface area contributed by atoms with E-state index in [2.05, 4.69) is 40.7 Å². The average Bonchev–Trinajstić information content (AvgIpc) is 3.14. The van der Waals surface area contributed by atoms with E-state index < -0.39 is 0 Å². The van der Waals surface area contributed by atoms with Crippen molar-refractivity contribution in [3.8, 4) is 0 Å². The van der Waals surface area contributed by atoms with Crippen molar-refractivity contribution in [3.63, 3.8) is 0 Å². The number of nitrogens with zero attached hydrogens (tertiary/aromatic N) is 2. The Morgan fingerprint density at radius 2 is 1.36 bits per heavy atom. The fourth-order valence-corrected chi connectivity index (χ4v) is 3.51. The van der Waals surface area contributed by atoms with Gasteiger partial charge >= 0.3 is 0 Å². The molecule has 0 saturated heterocycles. The standard InChI is InChI=1S/C23H36N2/c1-2-3-4-5-6-7-8-9-10-11-12-15-22-16-13-14-17-23(22)20-25-19-18-24-21-25/h13-14,16-19,21H,2-12,15,20H2,1H3. The van der Waals surface area contributed by atoms with E-state index in [4.69, 9.17) is 0 Å². The molecular formula is C23H36N2. The SMILES string of the molecule is CCCCCCCCCCCCCc1ccccc1Cn1ccnc1. The Morgan fingerprint density at radius 3 is 1.96 bits per heavy atom. The lowest BCUT2D eigenvalue weighted by Gasteiger charge is -2.10. The Hall–Kier alpha value is -1.57. The first-order valence-corrected chi connectivity index (χ1v) is 10.4. The molecule has 0 fully saturated rings. The zero-order valence-corrected chi connectivity index (χ0v) is 16.1. The fourth-order valence-electron chi connectivity index (χ4n) is 3.51. The largest absolute Gasteiger partial charge is 0.333 e. The smallest absolute Gasteiger partial charge is 0.0949 e. The van der Waals surface area contributed by atoms with Crippen molar-refractivity contribution in [1.29, 1.82) is 0 Å². The second-order valence-corrected chi connectivity index (χ2v) is 7.29. The monoisotopic (exact) mass is 340 g/mol. The van der Waals surface area contributed by atoms with Crippen LogP contribution in [-0.4, -0.2) is 9.55 Å². The topological polar surface area (TPSA) is 17.8 Å². The van der Waals surface area contributed by atoms with E-state index in [1.807, 2.05) is 18.7 Å². The number of unbranched alkanes of at least 4 members (excludes halogenated alkanes) is 10. The molecule has 0 radical (unpaired) electrons. The van der Waals surface area contributed by atoms with E-state index in [0.29, 0.717) is 0 Å². The molecule has 0 aliphatic rings.